The number of fused-ring (bicyclic) bond motifs is 1. The molecule has 0 saturated carbocycles. The molecule has 6 nitrogen and oxygen atoms in total. The highest BCUT2D eigenvalue weighted by molar-refractivity contribution is 5.91. The molecule has 6 heteroatoms. The smallest absolute Gasteiger partial charge is 0.289 e. The van der Waals surface area contributed by atoms with Crippen LogP contribution in [0.1, 0.15) is 63.5 Å². The lowest BCUT2D eigenvalue weighted by atomic mass is 9.87. The van der Waals surface area contributed by atoms with Gasteiger partial charge in [-0.1, -0.05) is 73.2 Å². The first-order chi connectivity index (χ1) is 18.9. The Hall–Kier alpha value is -4.32. The number of rotatable bonds is 8. The monoisotopic (exact) mass is 522 g/mol. The molecule has 0 unspecified atom stereocenters. The molecule has 5 rings (SSSR count). The molecule has 4 aromatic rings. The standard InChI is InChI=1S/C33H34N2O4/c1-4-31(36)35-19-18-25-14-15-27(20-29(25)32(35)26-12-10-23(2)11-13-26)38-22-28-16-17-30(39-28)33(37)34(3)21-24-8-6-5-7-9-24/h5-17,20,32H,4,18-19,21-22H2,1-3H3/t32-/m0/s1. The highest BCUT2D eigenvalue weighted by Crippen LogP contribution is 2.37. The summed E-state index contributed by atoms with van der Waals surface area (Å²) in [6, 6.07) is 27.6. The second-order valence-corrected chi connectivity index (χ2v) is 10.1. The van der Waals surface area contributed by atoms with E-state index in [9.17, 15) is 9.59 Å². The molecule has 0 saturated heterocycles. The summed E-state index contributed by atoms with van der Waals surface area (Å²) in [5, 5.41) is 0. The molecule has 0 N–H and O–H groups in total. The lowest BCUT2D eigenvalue weighted by Crippen LogP contribution is -2.40. The van der Waals surface area contributed by atoms with Crippen LogP contribution in [0.15, 0.2) is 89.3 Å². The third-order valence-corrected chi connectivity index (χ3v) is 7.22. The van der Waals surface area contributed by atoms with Crippen LogP contribution in [0.4, 0.5) is 0 Å². The highest BCUT2D eigenvalue weighted by atomic mass is 16.5. The summed E-state index contributed by atoms with van der Waals surface area (Å²) < 4.78 is 11.9. The highest BCUT2D eigenvalue weighted by Gasteiger charge is 2.31. The van der Waals surface area contributed by atoms with Gasteiger partial charge in [0.1, 0.15) is 18.1 Å². The Bertz CT molecular complexity index is 1440. The van der Waals surface area contributed by atoms with Crippen molar-refractivity contribution in [3.8, 4) is 5.75 Å². The molecule has 1 aliphatic heterocycles. The second-order valence-electron chi connectivity index (χ2n) is 10.1. The van der Waals surface area contributed by atoms with E-state index in [1.54, 1.807) is 24.1 Å². The van der Waals surface area contributed by atoms with Gasteiger partial charge in [-0.15, -0.1) is 0 Å². The van der Waals surface area contributed by atoms with Crippen LogP contribution in [0.2, 0.25) is 0 Å². The minimum absolute atomic E-state index is 0.141. The van der Waals surface area contributed by atoms with Crippen molar-refractivity contribution in [2.75, 3.05) is 13.6 Å². The second kappa shape index (κ2) is 11.6. The van der Waals surface area contributed by atoms with Gasteiger partial charge >= 0.3 is 0 Å². The van der Waals surface area contributed by atoms with Crippen molar-refractivity contribution in [2.24, 2.45) is 0 Å². The molecule has 1 aromatic heterocycles. The minimum atomic E-state index is -0.180. The third kappa shape index (κ3) is 5.90. The molecule has 1 aliphatic rings. The molecule has 1 atom stereocenters. The van der Waals surface area contributed by atoms with E-state index in [2.05, 4.69) is 37.3 Å². The van der Waals surface area contributed by atoms with E-state index in [4.69, 9.17) is 9.15 Å². The number of hydrogen-bond donors (Lipinski definition) is 0. The van der Waals surface area contributed by atoms with Crippen LogP contribution in [0.3, 0.4) is 0 Å². The number of benzene rings is 3. The number of furan rings is 1. The van der Waals surface area contributed by atoms with Gasteiger partial charge in [-0.25, -0.2) is 0 Å². The normalized spacial score (nSPS) is 14.5. The van der Waals surface area contributed by atoms with Crippen molar-refractivity contribution in [1.29, 1.82) is 0 Å². The van der Waals surface area contributed by atoms with E-state index in [1.165, 1.54) is 11.1 Å². The van der Waals surface area contributed by atoms with Crippen LogP contribution in [0, 0.1) is 6.92 Å². The average molecular weight is 523 g/mol. The third-order valence-electron chi connectivity index (χ3n) is 7.22. The molecule has 39 heavy (non-hydrogen) atoms. The van der Waals surface area contributed by atoms with Crippen LogP contribution in [-0.2, 0) is 24.4 Å². The van der Waals surface area contributed by atoms with E-state index < -0.39 is 0 Å². The van der Waals surface area contributed by atoms with Crippen LogP contribution in [0.25, 0.3) is 0 Å². The van der Waals surface area contributed by atoms with Gasteiger partial charge < -0.3 is 19.0 Å². The Labute approximate surface area is 229 Å². The van der Waals surface area contributed by atoms with E-state index in [-0.39, 0.29) is 30.2 Å². The Kier molecular flexibility index (Phi) is 7.82. The maximum atomic E-state index is 12.9. The van der Waals surface area contributed by atoms with Crippen molar-refractivity contribution in [1.82, 2.24) is 9.80 Å². The van der Waals surface area contributed by atoms with Gasteiger partial charge in [0.25, 0.3) is 5.91 Å². The van der Waals surface area contributed by atoms with Gasteiger partial charge in [-0.3, -0.25) is 9.59 Å². The first kappa shape index (κ1) is 26.3. The first-order valence-electron chi connectivity index (χ1n) is 13.4. The Morgan fingerprint density at radius 2 is 1.77 bits per heavy atom. The summed E-state index contributed by atoms with van der Waals surface area (Å²) >= 11 is 0. The van der Waals surface area contributed by atoms with Gasteiger partial charge in [0.2, 0.25) is 5.91 Å². The fraction of sp³-hybridized carbons (Fsp3) is 0.273. The van der Waals surface area contributed by atoms with Gasteiger partial charge in [0.05, 0.1) is 6.04 Å². The lowest BCUT2D eigenvalue weighted by molar-refractivity contribution is -0.132. The zero-order chi connectivity index (χ0) is 27.4. The molecular formula is C33H34N2O4. The summed E-state index contributed by atoms with van der Waals surface area (Å²) in [6.07, 6.45) is 1.28. The average Bonchev–Trinajstić information content (AvgIpc) is 3.44. The summed E-state index contributed by atoms with van der Waals surface area (Å²) in [5.74, 6) is 1.51. The first-order valence-corrected chi connectivity index (χ1v) is 13.4. The van der Waals surface area contributed by atoms with Gasteiger partial charge in [0, 0.05) is 26.6 Å². The number of carbonyl (C=O) groups excluding carboxylic acids is 2. The number of nitrogens with zero attached hydrogens (tertiary/aromatic N) is 2. The molecule has 200 valence electrons. The molecule has 0 bridgehead atoms. The number of aryl methyl sites for hydroxylation is 1. The predicted molar refractivity (Wildman–Crippen MR) is 150 cm³/mol. The van der Waals surface area contributed by atoms with Gasteiger partial charge in [-0.05, 0) is 59.9 Å². The summed E-state index contributed by atoms with van der Waals surface area (Å²) in [4.78, 5) is 29.4. The quantitative estimate of drug-likeness (QED) is 0.272. The van der Waals surface area contributed by atoms with Crippen molar-refractivity contribution in [3.05, 3.63) is 124 Å². The molecule has 0 fully saturated rings. The molecule has 3 aromatic carbocycles. The van der Waals surface area contributed by atoms with Crippen LogP contribution < -0.4 is 4.74 Å². The molecule has 0 radical (unpaired) electrons. The molecular weight excluding hydrogens is 488 g/mol. The number of amides is 2. The number of hydrogen-bond acceptors (Lipinski definition) is 4. The molecule has 2 amide bonds. The van der Waals surface area contributed by atoms with Gasteiger partial charge in [0.15, 0.2) is 5.76 Å². The molecule has 2 heterocycles. The summed E-state index contributed by atoms with van der Waals surface area (Å²) in [5.41, 5.74) is 5.64. The minimum Gasteiger partial charge on any atom is -0.486 e. The maximum Gasteiger partial charge on any atom is 0.289 e. The number of ether oxygens (including phenoxy) is 1. The Balaban J connectivity index is 1.31. The predicted octanol–water partition coefficient (Wildman–Crippen LogP) is 6.32. The SMILES string of the molecule is CCC(=O)N1CCc2ccc(OCc3ccc(C(=O)N(C)Cc4ccccc4)o3)cc2[C@@H]1c1ccc(C)cc1. The van der Waals surface area contributed by atoms with E-state index in [1.807, 2.05) is 54.3 Å². The van der Waals surface area contributed by atoms with E-state index in [0.717, 1.165) is 23.1 Å². The van der Waals surface area contributed by atoms with Crippen molar-refractivity contribution in [2.45, 2.75) is 45.9 Å². The van der Waals surface area contributed by atoms with Crippen molar-refractivity contribution in [3.63, 3.8) is 0 Å². The summed E-state index contributed by atoms with van der Waals surface area (Å²) in [7, 11) is 1.76. The van der Waals surface area contributed by atoms with Gasteiger partial charge in [-0.2, -0.15) is 0 Å². The maximum absolute atomic E-state index is 12.9. The molecule has 0 spiro atoms. The fourth-order valence-electron chi connectivity index (χ4n) is 5.11. The van der Waals surface area contributed by atoms with Crippen LogP contribution >= 0.6 is 0 Å². The van der Waals surface area contributed by atoms with Crippen molar-refractivity contribution >= 4 is 11.8 Å². The molecule has 0 aliphatic carbocycles. The Morgan fingerprint density at radius 3 is 2.51 bits per heavy atom. The van der Waals surface area contributed by atoms with Crippen molar-refractivity contribution < 1.29 is 18.7 Å². The number of carbonyl (C=O) groups is 2. The van der Waals surface area contributed by atoms with E-state index in [0.29, 0.717) is 31.0 Å². The summed E-state index contributed by atoms with van der Waals surface area (Å²) in [6.45, 7) is 5.36. The largest absolute Gasteiger partial charge is 0.486 e. The van der Waals surface area contributed by atoms with E-state index >= 15 is 0 Å². The Morgan fingerprint density at radius 1 is 1.00 bits per heavy atom. The lowest BCUT2D eigenvalue weighted by Gasteiger charge is -2.38. The van der Waals surface area contributed by atoms with Crippen LogP contribution in [0.5, 0.6) is 5.75 Å². The fourth-order valence-corrected chi connectivity index (χ4v) is 5.11. The van der Waals surface area contributed by atoms with Crippen LogP contribution in [-0.4, -0.2) is 35.2 Å². The zero-order valence-electron chi connectivity index (χ0n) is 22.7. The zero-order valence-corrected chi connectivity index (χ0v) is 22.7. The topological polar surface area (TPSA) is 63.0 Å².